The molecular weight excluding hydrogens is 518 g/mol. The number of ether oxygens (including phenoxy) is 2. The van der Waals surface area contributed by atoms with Gasteiger partial charge < -0.3 is 19.1 Å². The van der Waals surface area contributed by atoms with Crippen LogP contribution in [0.5, 0.6) is 5.88 Å². The number of fused-ring (bicyclic) bond motifs is 1. The van der Waals surface area contributed by atoms with E-state index >= 15 is 0 Å². The first-order valence-electron chi connectivity index (χ1n) is 13.4. The summed E-state index contributed by atoms with van der Waals surface area (Å²) in [5.74, 6) is 1.71. The van der Waals surface area contributed by atoms with Gasteiger partial charge in [-0.1, -0.05) is 23.7 Å². The van der Waals surface area contributed by atoms with Crippen molar-refractivity contribution >= 4 is 28.7 Å². The number of hydrogen-bond acceptors (Lipinski definition) is 7. The minimum atomic E-state index is -1.04. The topological polar surface area (TPSA) is 112 Å². The number of aromatic nitrogens is 5. The normalized spacial score (nSPS) is 21.0. The third kappa shape index (κ3) is 6.04. The predicted molar refractivity (Wildman–Crippen MR) is 145 cm³/mol. The lowest BCUT2D eigenvalue weighted by Gasteiger charge is -2.30. The van der Waals surface area contributed by atoms with Gasteiger partial charge in [-0.3, -0.25) is 0 Å². The van der Waals surface area contributed by atoms with E-state index in [0.29, 0.717) is 35.4 Å². The molecule has 0 radical (unpaired) electrons. The summed E-state index contributed by atoms with van der Waals surface area (Å²) in [4.78, 5) is 29.8. The highest BCUT2D eigenvalue weighted by molar-refractivity contribution is 6.30. The first kappa shape index (κ1) is 25.7. The molecule has 1 atom stereocenters. The Hall–Kier alpha value is -3.56. The average molecular weight is 548 g/mol. The molecule has 0 spiro atoms. The molecule has 0 amide bonds. The number of carbonyl (C=O) groups is 1. The average Bonchev–Trinajstić information content (AvgIpc) is 3.25. The quantitative estimate of drug-likeness (QED) is 0.307. The molecule has 1 aliphatic heterocycles. The van der Waals surface area contributed by atoms with E-state index in [0.717, 1.165) is 67.9 Å². The van der Waals surface area contributed by atoms with Crippen LogP contribution in [-0.2, 0) is 24.1 Å². The first-order valence-corrected chi connectivity index (χ1v) is 13.8. The van der Waals surface area contributed by atoms with Crippen LogP contribution in [0, 0.1) is 5.92 Å². The molecule has 6 rings (SSSR count). The Morgan fingerprint density at radius 1 is 1.03 bits per heavy atom. The number of pyridine rings is 1. The van der Waals surface area contributed by atoms with E-state index in [9.17, 15) is 9.90 Å². The van der Waals surface area contributed by atoms with Crippen LogP contribution in [0.2, 0.25) is 5.02 Å². The summed E-state index contributed by atoms with van der Waals surface area (Å²) in [6, 6.07) is 12.8. The minimum absolute atomic E-state index is 0.0310. The Morgan fingerprint density at radius 3 is 2.54 bits per heavy atom. The molecule has 4 heterocycles. The third-order valence-electron chi connectivity index (χ3n) is 7.58. The van der Waals surface area contributed by atoms with Crippen LogP contribution in [0.25, 0.3) is 11.2 Å². The molecule has 202 valence electrons. The number of rotatable bonds is 9. The Morgan fingerprint density at radius 2 is 1.82 bits per heavy atom. The van der Waals surface area contributed by atoms with Crippen molar-refractivity contribution in [1.29, 1.82) is 0 Å². The van der Waals surface area contributed by atoms with Gasteiger partial charge in [-0.05, 0) is 67.9 Å². The second-order valence-electron chi connectivity index (χ2n) is 10.3. The van der Waals surface area contributed by atoms with Crippen molar-refractivity contribution < 1.29 is 19.4 Å². The first-order chi connectivity index (χ1) is 19.0. The summed E-state index contributed by atoms with van der Waals surface area (Å²) in [5, 5.41) is 10.1. The zero-order valence-electron chi connectivity index (χ0n) is 21.5. The maximum atomic E-state index is 11.5. The Balaban J connectivity index is 1.09. The molecule has 0 bridgehead atoms. The lowest BCUT2D eigenvalue weighted by molar-refractivity contribution is -0.0591. The van der Waals surface area contributed by atoms with Gasteiger partial charge in [-0.2, -0.15) is 4.98 Å². The van der Waals surface area contributed by atoms with E-state index in [4.69, 9.17) is 26.1 Å². The lowest BCUT2D eigenvalue weighted by atomic mass is 9.85. The number of carboxylic acid groups (broad SMARTS) is 1. The minimum Gasteiger partial charge on any atom is -0.477 e. The summed E-state index contributed by atoms with van der Waals surface area (Å²) in [6.07, 6.45) is 8.33. The SMILES string of the molecule is O=C(O)c1ccc2nc(CC3CCC(Oc4ccnc(Cc5ccc(Cl)cc5)n4)CC3)n(C[C@@H]3CCO3)c2n1. The van der Waals surface area contributed by atoms with Gasteiger partial charge in [0.25, 0.3) is 0 Å². The third-order valence-corrected chi connectivity index (χ3v) is 7.83. The number of benzene rings is 1. The Labute approximate surface area is 231 Å². The molecule has 1 N–H and O–H groups in total. The second kappa shape index (κ2) is 11.3. The summed E-state index contributed by atoms with van der Waals surface area (Å²) < 4.78 is 14.0. The van der Waals surface area contributed by atoms with Gasteiger partial charge in [-0.15, -0.1) is 0 Å². The number of carboxylic acids is 1. The van der Waals surface area contributed by atoms with Crippen molar-refractivity contribution in [3.8, 4) is 5.88 Å². The molecule has 2 aliphatic rings. The van der Waals surface area contributed by atoms with E-state index in [2.05, 4.69) is 19.5 Å². The van der Waals surface area contributed by atoms with Crippen molar-refractivity contribution in [2.75, 3.05) is 6.61 Å². The van der Waals surface area contributed by atoms with Gasteiger partial charge in [0, 0.05) is 36.7 Å². The maximum Gasteiger partial charge on any atom is 0.354 e. The summed E-state index contributed by atoms with van der Waals surface area (Å²) in [5.41, 5.74) is 2.48. The summed E-state index contributed by atoms with van der Waals surface area (Å²) in [6.45, 7) is 1.41. The van der Waals surface area contributed by atoms with Gasteiger partial charge >= 0.3 is 5.97 Å². The summed E-state index contributed by atoms with van der Waals surface area (Å²) >= 11 is 5.99. The molecule has 1 saturated carbocycles. The van der Waals surface area contributed by atoms with Crippen LogP contribution >= 0.6 is 11.6 Å². The molecular formula is C29H30ClN5O4. The molecule has 9 nitrogen and oxygen atoms in total. The van der Waals surface area contributed by atoms with E-state index in [-0.39, 0.29) is 17.9 Å². The van der Waals surface area contributed by atoms with E-state index in [1.165, 1.54) is 6.07 Å². The van der Waals surface area contributed by atoms with E-state index < -0.39 is 5.97 Å². The fourth-order valence-electron chi connectivity index (χ4n) is 5.35. The van der Waals surface area contributed by atoms with Crippen molar-refractivity contribution in [3.05, 3.63) is 76.6 Å². The lowest BCUT2D eigenvalue weighted by Crippen LogP contribution is -2.32. The molecule has 1 saturated heterocycles. The number of halogens is 1. The maximum absolute atomic E-state index is 11.5. The van der Waals surface area contributed by atoms with E-state index in [1.54, 1.807) is 12.3 Å². The number of aromatic carboxylic acids is 1. The van der Waals surface area contributed by atoms with Gasteiger partial charge in [-0.25, -0.2) is 19.7 Å². The fourth-order valence-corrected chi connectivity index (χ4v) is 5.47. The highest BCUT2D eigenvalue weighted by Gasteiger charge is 2.27. The molecule has 1 aromatic carbocycles. The van der Waals surface area contributed by atoms with Crippen molar-refractivity contribution in [1.82, 2.24) is 24.5 Å². The smallest absolute Gasteiger partial charge is 0.354 e. The molecule has 10 heteroatoms. The number of nitrogens with zero attached hydrogens (tertiary/aromatic N) is 5. The van der Waals surface area contributed by atoms with Crippen molar-refractivity contribution in [2.24, 2.45) is 5.92 Å². The van der Waals surface area contributed by atoms with Crippen LogP contribution in [-0.4, -0.2) is 54.4 Å². The monoisotopic (exact) mass is 547 g/mol. The Kier molecular flexibility index (Phi) is 7.43. The second-order valence-corrected chi connectivity index (χ2v) is 10.8. The number of imidazole rings is 1. The molecule has 0 unspecified atom stereocenters. The molecule has 1 aliphatic carbocycles. The highest BCUT2D eigenvalue weighted by atomic mass is 35.5. The zero-order chi connectivity index (χ0) is 26.8. The molecule has 4 aromatic rings. The van der Waals surface area contributed by atoms with Crippen LogP contribution in [0.1, 0.15) is 59.8 Å². The van der Waals surface area contributed by atoms with Gasteiger partial charge in [0.05, 0.1) is 12.6 Å². The largest absolute Gasteiger partial charge is 0.477 e. The van der Waals surface area contributed by atoms with Crippen LogP contribution in [0.3, 0.4) is 0 Å². The molecule has 2 fully saturated rings. The highest BCUT2D eigenvalue weighted by Crippen LogP contribution is 2.31. The molecule has 3 aromatic heterocycles. The summed E-state index contributed by atoms with van der Waals surface area (Å²) in [7, 11) is 0. The Bertz CT molecular complexity index is 1460. The van der Waals surface area contributed by atoms with Crippen LogP contribution < -0.4 is 4.74 Å². The zero-order valence-corrected chi connectivity index (χ0v) is 22.3. The van der Waals surface area contributed by atoms with Crippen LogP contribution in [0.15, 0.2) is 48.7 Å². The molecule has 39 heavy (non-hydrogen) atoms. The fraction of sp³-hybridized carbons (Fsp3) is 0.414. The van der Waals surface area contributed by atoms with Crippen molar-refractivity contribution in [2.45, 2.75) is 63.7 Å². The number of hydrogen-bond donors (Lipinski definition) is 1. The standard InChI is InChI=1S/C29H30ClN5O4/c30-20-5-1-18(2-6-20)15-25-31-13-11-27(34-25)39-21-7-3-19(4-8-21)16-26-32-23-9-10-24(29(36)37)33-28(23)35(26)17-22-12-14-38-22/h1-2,5-6,9-11,13,19,21-22H,3-4,7-8,12,14-17H2,(H,36,37)/t19?,21?,22-/m0/s1. The van der Waals surface area contributed by atoms with Gasteiger partial charge in [0.1, 0.15) is 23.3 Å². The van der Waals surface area contributed by atoms with Crippen molar-refractivity contribution in [3.63, 3.8) is 0 Å². The predicted octanol–water partition coefficient (Wildman–Crippen LogP) is 5.13. The van der Waals surface area contributed by atoms with Gasteiger partial charge in [0.2, 0.25) is 5.88 Å². The van der Waals surface area contributed by atoms with Gasteiger partial charge in [0.15, 0.2) is 11.3 Å². The van der Waals surface area contributed by atoms with E-state index in [1.807, 2.05) is 30.3 Å². The van der Waals surface area contributed by atoms with Crippen LogP contribution in [0.4, 0.5) is 0 Å².